The molecule has 8 heteroatoms. The molecule has 0 aromatic heterocycles. The van der Waals surface area contributed by atoms with Crippen LogP contribution in [0, 0.1) is 0 Å². The van der Waals surface area contributed by atoms with Gasteiger partial charge in [0.2, 0.25) is 0 Å². The van der Waals surface area contributed by atoms with Crippen LogP contribution in [0.1, 0.15) is 6.92 Å². The average molecular weight is 233 g/mol. The predicted octanol–water partition coefficient (Wildman–Crippen LogP) is -8.78. The monoisotopic (exact) mass is 234 g/mol. The summed E-state index contributed by atoms with van der Waals surface area (Å²) in [6.07, 6.45) is 0. The van der Waals surface area contributed by atoms with Crippen molar-refractivity contribution in [1.29, 1.82) is 0 Å². The first-order valence-electron chi connectivity index (χ1n) is 1.43. The summed E-state index contributed by atoms with van der Waals surface area (Å²) in [6.45, 7) is 1.08. The van der Waals surface area contributed by atoms with Gasteiger partial charge in [-0.3, -0.25) is 4.79 Å². The van der Waals surface area contributed by atoms with Crippen molar-refractivity contribution in [1.82, 2.24) is 0 Å². The molecule has 0 spiro atoms. The topological polar surface area (TPSA) is 100 Å². The van der Waals surface area contributed by atoms with Gasteiger partial charge in [0.25, 0.3) is 5.97 Å². The Hall–Kier alpha value is 1.71. The third-order valence-corrected chi connectivity index (χ3v) is 0. The second-order valence-corrected chi connectivity index (χ2v) is 1.58. The minimum atomic E-state index is -3.79. The fourth-order valence-corrected chi connectivity index (χ4v) is 0. The summed E-state index contributed by atoms with van der Waals surface area (Å²) in [5.74, 6) is -0.833. The van der Waals surface area contributed by atoms with E-state index in [9.17, 15) is 0 Å². The molecule has 0 aliphatic rings. The van der Waals surface area contributed by atoms with Crippen molar-refractivity contribution in [2.45, 2.75) is 6.92 Å². The Balaban J connectivity index is -0.0000000300. The van der Waals surface area contributed by atoms with Crippen LogP contribution in [0.4, 0.5) is 0 Å². The molecular weight excluding hydrogens is 229 g/mol. The third-order valence-electron chi connectivity index (χ3n) is 0. The zero-order valence-electron chi connectivity index (χ0n) is 5.99. The van der Waals surface area contributed by atoms with Crippen LogP contribution in [0.5, 0.6) is 0 Å². The van der Waals surface area contributed by atoms with Crippen molar-refractivity contribution < 1.29 is 81.2 Å². The van der Waals surface area contributed by atoms with Gasteiger partial charge in [-0.2, -0.15) is 0 Å². The number of rotatable bonds is 0. The Labute approximate surface area is 107 Å². The molecule has 50 valence electrons. The van der Waals surface area contributed by atoms with Crippen molar-refractivity contribution in [2.24, 2.45) is 0 Å². The van der Waals surface area contributed by atoms with Crippen LogP contribution < -0.4 is 67.5 Å². The molecule has 0 saturated heterocycles. The summed E-state index contributed by atoms with van der Waals surface area (Å²) in [7, 11) is 0. The molecule has 0 amide bonds. The first-order valence-corrected chi connectivity index (χ1v) is 3.53. The van der Waals surface area contributed by atoms with Crippen LogP contribution in [0.3, 0.4) is 0 Å². The number of carboxylic acid groups (broad SMARTS) is 1. The predicted molar refractivity (Wildman–Crippen MR) is 19.8 cm³/mol. The summed E-state index contributed by atoms with van der Waals surface area (Å²) in [5.41, 5.74) is 0. The zero-order valence-corrected chi connectivity index (χ0v) is 11.7. The van der Waals surface area contributed by atoms with Gasteiger partial charge in [0, 0.05) is 6.92 Å². The first-order chi connectivity index (χ1) is 3.46. The van der Waals surface area contributed by atoms with Gasteiger partial charge in [-0.15, -0.1) is 0 Å². The first kappa shape index (κ1) is 22.6. The number of hydrogen-bond donors (Lipinski definition) is 1. The fourth-order valence-electron chi connectivity index (χ4n) is 0. The standard InChI is InChI=1S/C2H4O2.2Na.H2O3Se/c1-2(3)4;;;1-4(2)3/h1H3,(H,3,4);;;(H2,1,2,3)/q;2*+1;/p-2. The van der Waals surface area contributed by atoms with Crippen LogP contribution in [0.15, 0.2) is 0 Å². The number of carbonyl (C=O) groups is 1. The molecule has 0 aromatic carbocycles. The molecule has 10 heavy (non-hydrogen) atoms. The second kappa shape index (κ2) is 17.0. The Kier molecular flexibility index (Phi) is 38.4. The Morgan fingerprint density at radius 1 is 1.40 bits per heavy atom. The molecule has 0 radical (unpaired) electrons. The number of aliphatic carboxylic acids is 1. The van der Waals surface area contributed by atoms with Gasteiger partial charge >= 0.3 is 85.8 Å². The van der Waals surface area contributed by atoms with E-state index in [-0.39, 0.29) is 59.1 Å². The average Bonchev–Trinajstić information content (AvgIpc) is 1.25. The minimum Gasteiger partial charge on any atom is 1.00 e. The summed E-state index contributed by atoms with van der Waals surface area (Å²) < 4.78 is 25.6. The molecule has 0 aliphatic carbocycles. The van der Waals surface area contributed by atoms with E-state index in [4.69, 9.17) is 22.1 Å². The molecule has 5 nitrogen and oxygen atoms in total. The van der Waals surface area contributed by atoms with E-state index < -0.39 is 20.5 Å². The van der Waals surface area contributed by atoms with Crippen LogP contribution in [-0.2, 0) is 8.63 Å². The van der Waals surface area contributed by atoms with E-state index in [2.05, 4.69) is 0 Å². The van der Waals surface area contributed by atoms with Gasteiger partial charge in [-0.05, 0) is 0 Å². The minimum absolute atomic E-state index is 0. The molecule has 0 unspecified atom stereocenters. The maximum atomic E-state index is 9.00. The van der Waals surface area contributed by atoms with Crippen molar-refractivity contribution in [3.8, 4) is 0 Å². The van der Waals surface area contributed by atoms with Gasteiger partial charge in [0.15, 0.2) is 0 Å². The summed E-state index contributed by atoms with van der Waals surface area (Å²) in [6, 6.07) is 0. The maximum absolute atomic E-state index is 9.00. The quantitative estimate of drug-likeness (QED) is 0.419. The van der Waals surface area contributed by atoms with E-state index in [1.807, 2.05) is 0 Å². The molecule has 0 aliphatic heterocycles. The van der Waals surface area contributed by atoms with E-state index in [0.717, 1.165) is 6.92 Å². The molecule has 0 atom stereocenters. The molecule has 0 fully saturated rings. The van der Waals surface area contributed by atoms with Crippen LogP contribution in [0.2, 0.25) is 0 Å². The van der Waals surface area contributed by atoms with Gasteiger partial charge in [0.1, 0.15) is 0 Å². The van der Waals surface area contributed by atoms with E-state index in [1.54, 1.807) is 0 Å². The third kappa shape index (κ3) is 252. The van der Waals surface area contributed by atoms with Gasteiger partial charge < -0.3 is 5.11 Å². The van der Waals surface area contributed by atoms with Crippen LogP contribution in [0.25, 0.3) is 0 Å². The maximum Gasteiger partial charge on any atom is 1.00 e. The second-order valence-electron chi connectivity index (χ2n) is 0.723. The van der Waals surface area contributed by atoms with Crippen LogP contribution >= 0.6 is 0 Å². The smallest absolute Gasteiger partial charge is 1.00 e. The molecule has 0 bridgehead atoms. The van der Waals surface area contributed by atoms with Crippen molar-refractivity contribution in [2.75, 3.05) is 0 Å². The van der Waals surface area contributed by atoms with E-state index >= 15 is 0 Å². The number of hydrogen-bond acceptors (Lipinski definition) is 4. The fraction of sp³-hybridized carbons (Fsp3) is 0.500. The van der Waals surface area contributed by atoms with Gasteiger partial charge in [-0.1, -0.05) is 0 Å². The molecule has 0 aromatic rings. The summed E-state index contributed by atoms with van der Waals surface area (Å²) in [5, 5.41) is 7.42. The van der Waals surface area contributed by atoms with E-state index in [1.165, 1.54) is 0 Å². The normalized spacial score (nSPS) is 6.00. The molecule has 0 rings (SSSR count). The largest absolute Gasteiger partial charge is 1.00 e. The Bertz CT molecular complexity index is 75.6. The van der Waals surface area contributed by atoms with Gasteiger partial charge in [-0.25, -0.2) is 0 Å². The van der Waals surface area contributed by atoms with E-state index in [0.29, 0.717) is 0 Å². The van der Waals surface area contributed by atoms with Crippen molar-refractivity contribution >= 4 is 20.5 Å². The molecular formula is C2H4Na2O5Se. The Morgan fingerprint density at radius 3 is 1.40 bits per heavy atom. The van der Waals surface area contributed by atoms with Crippen molar-refractivity contribution in [3.05, 3.63) is 0 Å². The SMILES string of the molecule is CC(=O)O.O=[Se]([O-])[O-].[Na+].[Na+]. The summed E-state index contributed by atoms with van der Waals surface area (Å²) >= 11 is -3.79. The van der Waals surface area contributed by atoms with Crippen LogP contribution in [-0.4, -0.2) is 25.6 Å². The van der Waals surface area contributed by atoms with Gasteiger partial charge in [0.05, 0.1) is 0 Å². The zero-order chi connectivity index (χ0) is 7.15. The molecule has 1 N–H and O–H groups in total. The Morgan fingerprint density at radius 2 is 1.40 bits per heavy atom. The van der Waals surface area contributed by atoms with Crippen molar-refractivity contribution in [3.63, 3.8) is 0 Å². The number of carboxylic acids is 1. The summed E-state index contributed by atoms with van der Waals surface area (Å²) in [4.78, 5) is 9.00. The molecule has 0 heterocycles. The molecule has 0 saturated carbocycles.